The molecule has 1 unspecified atom stereocenters. The average Bonchev–Trinajstić information content (AvgIpc) is 3.27. The lowest BCUT2D eigenvalue weighted by Crippen LogP contribution is -2.50. The summed E-state index contributed by atoms with van der Waals surface area (Å²) in [5, 5.41) is 14.7. The predicted octanol–water partition coefficient (Wildman–Crippen LogP) is 3.71. The van der Waals surface area contributed by atoms with Crippen LogP contribution in [0.4, 0.5) is 5.69 Å². The van der Waals surface area contributed by atoms with Crippen molar-refractivity contribution in [1.82, 2.24) is 9.80 Å². The maximum atomic E-state index is 13.1. The van der Waals surface area contributed by atoms with Crippen molar-refractivity contribution in [3.05, 3.63) is 59.3 Å². The van der Waals surface area contributed by atoms with Crippen molar-refractivity contribution in [1.29, 1.82) is 0 Å². The molecule has 1 aromatic carbocycles. The van der Waals surface area contributed by atoms with Crippen LogP contribution in [0.3, 0.4) is 0 Å². The van der Waals surface area contributed by atoms with Gasteiger partial charge >= 0.3 is 0 Å². The smallest absolute Gasteiger partial charge is 0.240 e. The number of benzene rings is 1. The summed E-state index contributed by atoms with van der Waals surface area (Å²) in [6.45, 7) is 8.21. The molecule has 0 bridgehead atoms. The van der Waals surface area contributed by atoms with E-state index >= 15 is 0 Å². The zero-order valence-corrected chi connectivity index (χ0v) is 18.1. The molecule has 2 N–H and O–H groups in total. The third-order valence-electron chi connectivity index (χ3n) is 5.56. The number of para-hydroxylation sites is 2. The van der Waals surface area contributed by atoms with Gasteiger partial charge in [0.1, 0.15) is 5.75 Å². The van der Waals surface area contributed by atoms with Gasteiger partial charge < -0.3 is 15.3 Å². The number of nitrogens with one attached hydrogen (secondary N) is 1. The Bertz CT molecular complexity index is 860. The number of hydrogen-bond acceptors (Lipinski definition) is 5. The van der Waals surface area contributed by atoms with Crippen molar-refractivity contribution in [2.24, 2.45) is 5.92 Å². The van der Waals surface area contributed by atoms with Crippen LogP contribution in [-0.4, -0.2) is 52.4 Å². The van der Waals surface area contributed by atoms with E-state index in [1.807, 2.05) is 29.3 Å². The monoisotopic (exact) mass is 427 g/mol. The summed E-state index contributed by atoms with van der Waals surface area (Å²) in [5.74, 6) is -0.0596. The van der Waals surface area contributed by atoms with Crippen LogP contribution in [0.25, 0.3) is 0 Å². The van der Waals surface area contributed by atoms with Gasteiger partial charge in [-0.2, -0.15) is 0 Å². The Kier molecular flexibility index (Phi) is 7.65. The summed E-state index contributed by atoms with van der Waals surface area (Å²) in [4.78, 5) is 30.8. The maximum Gasteiger partial charge on any atom is 0.240 e. The first-order valence-electron chi connectivity index (χ1n) is 10.2. The highest BCUT2D eigenvalue weighted by atomic mass is 32.1. The van der Waals surface area contributed by atoms with Gasteiger partial charge in [-0.3, -0.25) is 14.5 Å². The number of hydrogen-bond donors (Lipinski definition) is 2. The van der Waals surface area contributed by atoms with Gasteiger partial charge in [0.05, 0.1) is 18.3 Å². The molecule has 1 atom stereocenters. The van der Waals surface area contributed by atoms with Crippen molar-refractivity contribution < 1.29 is 14.7 Å². The molecule has 2 heterocycles. The Morgan fingerprint density at radius 1 is 1.30 bits per heavy atom. The minimum atomic E-state index is -0.243. The van der Waals surface area contributed by atoms with E-state index in [2.05, 4.69) is 16.8 Å². The molecule has 1 fully saturated rings. The number of piperidine rings is 1. The van der Waals surface area contributed by atoms with E-state index in [4.69, 9.17) is 0 Å². The molecule has 0 aliphatic carbocycles. The Morgan fingerprint density at radius 2 is 2.03 bits per heavy atom. The highest BCUT2D eigenvalue weighted by molar-refractivity contribution is 7.09. The largest absolute Gasteiger partial charge is 0.506 e. The van der Waals surface area contributed by atoms with E-state index in [9.17, 15) is 14.7 Å². The van der Waals surface area contributed by atoms with Gasteiger partial charge in [0.2, 0.25) is 11.8 Å². The Hall–Kier alpha value is -2.64. The van der Waals surface area contributed by atoms with E-state index in [-0.39, 0.29) is 29.5 Å². The van der Waals surface area contributed by atoms with Crippen LogP contribution in [-0.2, 0) is 16.1 Å². The first kappa shape index (κ1) is 22.1. The van der Waals surface area contributed by atoms with Crippen LogP contribution in [0.1, 0.15) is 24.6 Å². The number of likely N-dealkylation sites (tertiary alicyclic amines) is 1. The van der Waals surface area contributed by atoms with Crippen LogP contribution >= 0.6 is 11.3 Å². The van der Waals surface area contributed by atoms with Crippen molar-refractivity contribution in [2.75, 3.05) is 25.0 Å². The van der Waals surface area contributed by atoms with Gasteiger partial charge in [-0.1, -0.05) is 24.3 Å². The maximum absolute atomic E-state index is 13.1. The molecule has 160 valence electrons. The van der Waals surface area contributed by atoms with Gasteiger partial charge in [-0.05, 0) is 56.4 Å². The highest BCUT2D eigenvalue weighted by Gasteiger charge is 2.31. The van der Waals surface area contributed by atoms with Crippen molar-refractivity contribution in [3.8, 4) is 5.75 Å². The molecule has 1 aliphatic rings. The molecule has 0 spiro atoms. The summed E-state index contributed by atoms with van der Waals surface area (Å²) < 4.78 is 0. The fraction of sp³-hybridized carbons (Fsp3) is 0.391. The summed E-state index contributed by atoms with van der Waals surface area (Å²) in [7, 11) is 0. The predicted molar refractivity (Wildman–Crippen MR) is 120 cm³/mol. The number of phenols is 1. The SMILES string of the molecule is C=CCN(Cc1cccs1)C(=O)C(C)N1CCC(C(=O)Nc2ccccc2O)CC1. The molecule has 1 saturated heterocycles. The van der Waals surface area contributed by atoms with Gasteiger partial charge in [0.15, 0.2) is 0 Å². The molecule has 7 heteroatoms. The number of aromatic hydroxyl groups is 1. The molecule has 3 rings (SSSR count). The number of nitrogens with zero attached hydrogens (tertiary/aromatic N) is 2. The van der Waals surface area contributed by atoms with E-state index in [1.165, 1.54) is 0 Å². The molecule has 30 heavy (non-hydrogen) atoms. The van der Waals surface area contributed by atoms with Crippen LogP contribution in [0, 0.1) is 5.92 Å². The lowest BCUT2D eigenvalue weighted by molar-refractivity contribution is -0.137. The van der Waals surface area contributed by atoms with Gasteiger partial charge in [-0.25, -0.2) is 0 Å². The molecule has 2 amide bonds. The summed E-state index contributed by atoms with van der Waals surface area (Å²) in [6.07, 6.45) is 3.13. The number of anilines is 1. The van der Waals surface area contributed by atoms with Crippen LogP contribution in [0.2, 0.25) is 0 Å². The number of phenolic OH excluding ortho intramolecular Hbond substituents is 1. The van der Waals surface area contributed by atoms with Crippen molar-refractivity contribution in [2.45, 2.75) is 32.4 Å². The molecule has 2 aromatic rings. The van der Waals surface area contributed by atoms with Crippen molar-refractivity contribution >= 4 is 28.8 Å². The summed E-state index contributed by atoms with van der Waals surface area (Å²) in [5.41, 5.74) is 0.433. The standard InChI is InChI=1S/C23H29N3O3S/c1-3-12-26(16-19-7-6-15-30-19)23(29)17(2)25-13-10-18(11-14-25)22(28)24-20-8-4-5-9-21(20)27/h3-9,15,17-18,27H,1,10-14,16H2,2H3,(H,24,28). The fourth-order valence-corrected chi connectivity index (χ4v) is 4.48. The second kappa shape index (κ2) is 10.4. The molecular formula is C23H29N3O3S. The average molecular weight is 428 g/mol. The minimum Gasteiger partial charge on any atom is -0.506 e. The topological polar surface area (TPSA) is 72.9 Å². The van der Waals surface area contributed by atoms with E-state index in [0.717, 1.165) is 4.88 Å². The van der Waals surface area contributed by atoms with E-state index in [1.54, 1.807) is 41.7 Å². The third-order valence-corrected chi connectivity index (χ3v) is 6.42. The van der Waals surface area contributed by atoms with Crippen LogP contribution in [0.5, 0.6) is 5.75 Å². The highest BCUT2D eigenvalue weighted by Crippen LogP contribution is 2.25. The number of rotatable bonds is 8. The number of carbonyl (C=O) groups excluding carboxylic acids is 2. The lowest BCUT2D eigenvalue weighted by atomic mass is 9.94. The number of thiophene rings is 1. The van der Waals surface area contributed by atoms with Crippen LogP contribution < -0.4 is 5.32 Å². The minimum absolute atomic E-state index is 0.0653. The van der Waals surface area contributed by atoms with Gasteiger partial charge in [0, 0.05) is 17.3 Å². The normalized spacial score (nSPS) is 16.0. The Balaban J connectivity index is 1.54. The lowest BCUT2D eigenvalue weighted by Gasteiger charge is -2.36. The van der Waals surface area contributed by atoms with Crippen LogP contribution in [0.15, 0.2) is 54.4 Å². The quantitative estimate of drug-likeness (QED) is 0.498. The first-order chi connectivity index (χ1) is 14.5. The molecule has 1 aromatic heterocycles. The summed E-state index contributed by atoms with van der Waals surface area (Å²) >= 11 is 1.64. The fourth-order valence-electron chi connectivity index (χ4n) is 3.76. The number of amides is 2. The number of carbonyl (C=O) groups is 2. The Labute approximate surface area is 181 Å². The van der Waals surface area contributed by atoms with E-state index in [0.29, 0.717) is 44.7 Å². The second-order valence-corrected chi connectivity index (χ2v) is 8.61. The van der Waals surface area contributed by atoms with E-state index < -0.39 is 0 Å². The second-order valence-electron chi connectivity index (χ2n) is 7.58. The molecule has 0 radical (unpaired) electrons. The summed E-state index contributed by atoms with van der Waals surface area (Å²) in [6, 6.07) is 10.5. The third kappa shape index (κ3) is 5.49. The van der Waals surface area contributed by atoms with Gasteiger partial charge in [-0.15, -0.1) is 17.9 Å². The first-order valence-corrected chi connectivity index (χ1v) is 11.1. The zero-order valence-electron chi connectivity index (χ0n) is 17.3. The Morgan fingerprint density at radius 3 is 2.67 bits per heavy atom. The van der Waals surface area contributed by atoms with Crippen molar-refractivity contribution in [3.63, 3.8) is 0 Å². The molecule has 0 saturated carbocycles. The molecule has 1 aliphatic heterocycles. The van der Waals surface area contributed by atoms with Gasteiger partial charge in [0.25, 0.3) is 0 Å². The molecular weight excluding hydrogens is 398 g/mol. The molecule has 6 nitrogen and oxygen atoms in total. The zero-order chi connectivity index (χ0) is 21.5.